The van der Waals surface area contributed by atoms with Crippen LogP contribution in [0.1, 0.15) is 52.9 Å². The zero-order valence-corrected chi connectivity index (χ0v) is 12.9. The predicted molar refractivity (Wildman–Crippen MR) is 78.5 cm³/mol. The van der Waals surface area contributed by atoms with Crippen LogP contribution in [0.4, 0.5) is 0 Å². The Morgan fingerprint density at radius 3 is 2.65 bits per heavy atom. The van der Waals surface area contributed by atoms with E-state index < -0.39 is 11.4 Å². The predicted octanol–water partition coefficient (Wildman–Crippen LogP) is 1.77. The smallest absolute Gasteiger partial charge is 0.305 e. The number of hydrogen-bond acceptors (Lipinski definition) is 3. The van der Waals surface area contributed by atoms with E-state index in [0.717, 1.165) is 32.4 Å². The van der Waals surface area contributed by atoms with E-state index in [1.54, 1.807) is 0 Å². The summed E-state index contributed by atoms with van der Waals surface area (Å²) in [6, 6.07) is -0.263. The van der Waals surface area contributed by atoms with Gasteiger partial charge in [0, 0.05) is 11.5 Å². The van der Waals surface area contributed by atoms with Gasteiger partial charge in [0.1, 0.15) is 0 Å². The van der Waals surface area contributed by atoms with Crippen molar-refractivity contribution < 1.29 is 14.7 Å². The van der Waals surface area contributed by atoms with Crippen LogP contribution in [0.15, 0.2) is 0 Å². The summed E-state index contributed by atoms with van der Waals surface area (Å²) in [4.78, 5) is 23.4. The van der Waals surface area contributed by atoms with Crippen molar-refractivity contribution in [1.29, 1.82) is 0 Å². The summed E-state index contributed by atoms with van der Waals surface area (Å²) in [6.07, 6.45) is 3.71. The number of carbonyl (C=O) groups excluding carboxylic acids is 1. The molecule has 2 unspecified atom stereocenters. The second-order valence-corrected chi connectivity index (χ2v) is 6.32. The van der Waals surface area contributed by atoms with Crippen LogP contribution in [0, 0.1) is 11.3 Å². The van der Waals surface area contributed by atoms with Crippen molar-refractivity contribution in [2.24, 2.45) is 11.3 Å². The Morgan fingerprint density at radius 1 is 1.45 bits per heavy atom. The fraction of sp³-hybridized carbons (Fsp3) is 0.867. The van der Waals surface area contributed by atoms with Crippen molar-refractivity contribution in [2.75, 3.05) is 13.1 Å². The van der Waals surface area contributed by atoms with Crippen LogP contribution in [0.5, 0.6) is 0 Å². The molecular weight excluding hydrogens is 256 g/mol. The van der Waals surface area contributed by atoms with Gasteiger partial charge in [-0.15, -0.1) is 0 Å². The molecule has 1 heterocycles. The average molecular weight is 284 g/mol. The molecular formula is C15H28N2O3. The number of carbonyl (C=O) groups is 2. The maximum atomic E-state index is 12.5. The molecule has 0 radical (unpaired) electrons. The minimum Gasteiger partial charge on any atom is -0.481 e. The van der Waals surface area contributed by atoms with E-state index in [1.165, 1.54) is 0 Å². The normalized spacial score (nSPS) is 21.2. The molecule has 1 saturated heterocycles. The fourth-order valence-corrected chi connectivity index (χ4v) is 2.81. The summed E-state index contributed by atoms with van der Waals surface area (Å²) < 4.78 is 0. The molecule has 0 bridgehead atoms. The molecule has 2 atom stereocenters. The lowest BCUT2D eigenvalue weighted by atomic mass is 9.74. The largest absolute Gasteiger partial charge is 0.481 e. The monoisotopic (exact) mass is 284 g/mol. The number of rotatable bonds is 7. The Hall–Kier alpha value is -1.10. The molecule has 0 aromatic carbocycles. The van der Waals surface area contributed by atoms with Gasteiger partial charge in [-0.3, -0.25) is 9.59 Å². The summed E-state index contributed by atoms with van der Waals surface area (Å²) in [7, 11) is 0. The minimum absolute atomic E-state index is 0.00141. The first kappa shape index (κ1) is 17.0. The van der Waals surface area contributed by atoms with Gasteiger partial charge in [0.2, 0.25) is 5.91 Å². The molecule has 1 fully saturated rings. The quantitative estimate of drug-likeness (QED) is 0.666. The third kappa shape index (κ3) is 4.78. The van der Waals surface area contributed by atoms with Crippen molar-refractivity contribution in [3.63, 3.8) is 0 Å². The summed E-state index contributed by atoms with van der Waals surface area (Å²) in [5.74, 6) is -0.574. The first-order chi connectivity index (χ1) is 9.37. The van der Waals surface area contributed by atoms with Gasteiger partial charge >= 0.3 is 5.97 Å². The van der Waals surface area contributed by atoms with E-state index in [2.05, 4.69) is 10.6 Å². The van der Waals surface area contributed by atoms with Crippen molar-refractivity contribution in [3.8, 4) is 0 Å². The van der Waals surface area contributed by atoms with E-state index >= 15 is 0 Å². The number of carboxylic acids is 1. The summed E-state index contributed by atoms with van der Waals surface area (Å²) >= 11 is 0. The molecule has 3 N–H and O–H groups in total. The third-order valence-electron chi connectivity index (χ3n) is 4.30. The molecule has 1 rings (SSSR count). The second kappa shape index (κ2) is 7.62. The molecule has 0 saturated carbocycles. The van der Waals surface area contributed by atoms with E-state index in [9.17, 15) is 9.59 Å². The van der Waals surface area contributed by atoms with Gasteiger partial charge in [0.15, 0.2) is 0 Å². The molecule has 5 heteroatoms. The zero-order valence-electron chi connectivity index (χ0n) is 12.9. The lowest BCUT2D eigenvalue weighted by Crippen LogP contribution is -2.50. The van der Waals surface area contributed by atoms with E-state index in [4.69, 9.17) is 5.11 Å². The van der Waals surface area contributed by atoms with Crippen LogP contribution in [-0.2, 0) is 9.59 Å². The Morgan fingerprint density at radius 2 is 2.15 bits per heavy atom. The zero-order chi connectivity index (χ0) is 15.2. The Labute approximate surface area is 121 Å². The van der Waals surface area contributed by atoms with Crippen LogP contribution in [0.25, 0.3) is 0 Å². The molecule has 116 valence electrons. The molecule has 0 aliphatic carbocycles. The van der Waals surface area contributed by atoms with Crippen LogP contribution in [0.3, 0.4) is 0 Å². The SMILES string of the molecule is CCCC(CC(=O)O)NC(=O)C(C)(C)C1CCCNC1. The van der Waals surface area contributed by atoms with E-state index in [-0.39, 0.29) is 18.4 Å². The molecule has 20 heavy (non-hydrogen) atoms. The van der Waals surface area contributed by atoms with E-state index in [0.29, 0.717) is 12.3 Å². The van der Waals surface area contributed by atoms with Gasteiger partial charge in [-0.1, -0.05) is 27.2 Å². The molecule has 1 aliphatic rings. The summed E-state index contributed by atoms with van der Waals surface area (Å²) in [6.45, 7) is 7.80. The number of nitrogens with one attached hydrogen (secondary N) is 2. The first-order valence-electron chi connectivity index (χ1n) is 7.61. The molecule has 0 aromatic rings. The van der Waals surface area contributed by atoms with Crippen molar-refractivity contribution >= 4 is 11.9 Å². The maximum absolute atomic E-state index is 12.5. The third-order valence-corrected chi connectivity index (χ3v) is 4.30. The number of carboxylic acid groups (broad SMARTS) is 1. The standard InChI is InChI=1S/C15H28N2O3/c1-4-6-12(9-13(18)19)17-14(20)15(2,3)11-7-5-8-16-10-11/h11-12,16H,4-10H2,1-3H3,(H,17,20)(H,18,19). The number of amides is 1. The van der Waals surface area contributed by atoms with Gasteiger partial charge in [-0.2, -0.15) is 0 Å². The first-order valence-corrected chi connectivity index (χ1v) is 7.61. The Bertz CT molecular complexity index is 336. The van der Waals surface area contributed by atoms with Gasteiger partial charge in [0.25, 0.3) is 0 Å². The lowest BCUT2D eigenvalue weighted by molar-refractivity contribution is -0.138. The maximum Gasteiger partial charge on any atom is 0.305 e. The fourth-order valence-electron chi connectivity index (χ4n) is 2.81. The molecule has 5 nitrogen and oxygen atoms in total. The van der Waals surface area contributed by atoms with Gasteiger partial charge in [0.05, 0.1) is 6.42 Å². The highest BCUT2D eigenvalue weighted by Crippen LogP contribution is 2.32. The Balaban J connectivity index is 2.63. The van der Waals surface area contributed by atoms with Crippen LogP contribution in [0.2, 0.25) is 0 Å². The van der Waals surface area contributed by atoms with E-state index in [1.807, 2.05) is 20.8 Å². The second-order valence-electron chi connectivity index (χ2n) is 6.32. The van der Waals surface area contributed by atoms with Gasteiger partial charge < -0.3 is 15.7 Å². The number of piperidine rings is 1. The molecule has 1 aliphatic heterocycles. The average Bonchev–Trinajstić information content (AvgIpc) is 2.39. The van der Waals surface area contributed by atoms with Gasteiger partial charge in [-0.25, -0.2) is 0 Å². The van der Waals surface area contributed by atoms with Crippen LogP contribution >= 0.6 is 0 Å². The Kier molecular flexibility index (Phi) is 6.46. The lowest BCUT2D eigenvalue weighted by Gasteiger charge is -2.37. The summed E-state index contributed by atoms with van der Waals surface area (Å²) in [5.41, 5.74) is -0.460. The van der Waals surface area contributed by atoms with Crippen molar-refractivity contribution in [3.05, 3.63) is 0 Å². The van der Waals surface area contributed by atoms with Gasteiger partial charge in [-0.05, 0) is 38.3 Å². The van der Waals surface area contributed by atoms with Crippen molar-refractivity contribution in [2.45, 2.75) is 58.9 Å². The summed E-state index contributed by atoms with van der Waals surface area (Å²) in [5, 5.41) is 15.2. The number of hydrogen-bond donors (Lipinski definition) is 3. The highest BCUT2D eigenvalue weighted by atomic mass is 16.4. The van der Waals surface area contributed by atoms with Crippen LogP contribution in [-0.4, -0.2) is 36.1 Å². The highest BCUT2D eigenvalue weighted by molar-refractivity contribution is 5.83. The molecule has 1 amide bonds. The topological polar surface area (TPSA) is 78.4 Å². The highest BCUT2D eigenvalue weighted by Gasteiger charge is 2.38. The van der Waals surface area contributed by atoms with Crippen molar-refractivity contribution in [1.82, 2.24) is 10.6 Å². The molecule has 0 spiro atoms. The minimum atomic E-state index is -0.860. The van der Waals surface area contributed by atoms with Crippen LogP contribution < -0.4 is 10.6 Å². The molecule has 0 aromatic heterocycles. The number of aliphatic carboxylic acids is 1.